The summed E-state index contributed by atoms with van der Waals surface area (Å²) in [4.78, 5) is 3.63. The van der Waals surface area contributed by atoms with E-state index in [-0.39, 0.29) is 10.8 Å². The van der Waals surface area contributed by atoms with E-state index >= 15 is 0 Å². The monoisotopic (exact) mass is 237 g/mol. The minimum atomic E-state index is -0.376. The highest BCUT2D eigenvalue weighted by molar-refractivity contribution is 6.30. The summed E-state index contributed by atoms with van der Waals surface area (Å²) >= 11 is 5.70. The molecule has 0 spiro atoms. The lowest BCUT2D eigenvalue weighted by Gasteiger charge is -2.08. The molecule has 16 heavy (non-hydrogen) atoms. The first-order valence-electron chi connectivity index (χ1n) is 4.85. The maximum absolute atomic E-state index is 13.6. The summed E-state index contributed by atoms with van der Waals surface area (Å²) in [6.45, 7) is 6.94. The molecule has 0 fully saturated rings. The van der Waals surface area contributed by atoms with Crippen molar-refractivity contribution >= 4 is 23.9 Å². The molecule has 0 aromatic heterocycles. The number of hydrogen-bond donors (Lipinski definition) is 0. The fourth-order valence-corrected chi connectivity index (χ4v) is 1.64. The molecule has 0 unspecified atom stereocenters. The van der Waals surface area contributed by atoms with E-state index in [2.05, 4.69) is 11.7 Å². The van der Waals surface area contributed by atoms with Crippen LogP contribution in [-0.2, 0) is 0 Å². The smallest absolute Gasteiger partial charge is 0.145 e. The van der Waals surface area contributed by atoms with E-state index in [1.54, 1.807) is 31.3 Å². The van der Waals surface area contributed by atoms with Crippen molar-refractivity contribution in [1.29, 1.82) is 0 Å². The van der Waals surface area contributed by atoms with Crippen molar-refractivity contribution in [3.8, 4) is 0 Å². The standard InChI is InChI=1S/C13H13ClFN/c1-4-10(7-8-16-3)11-5-6-12(14)13(15)9(11)2/h4-8H,3H2,1-2H3/b8-7-,10-4+. The zero-order valence-electron chi connectivity index (χ0n) is 9.30. The van der Waals surface area contributed by atoms with Crippen LogP contribution >= 0.6 is 11.6 Å². The van der Waals surface area contributed by atoms with Crippen LogP contribution in [0, 0.1) is 12.7 Å². The molecule has 0 saturated carbocycles. The Hall–Kier alpha value is -1.41. The lowest BCUT2D eigenvalue weighted by atomic mass is 10.00. The Bertz CT molecular complexity index is 461. The number of halogens is 2. The van der Waals surface area contributed by atoms with Crippen molar-refractivity contribution in [2.24, 2.45) is 4.99 Å². The lowest BCUT2D eigenvalue weighted by Crippen LogP contribution is -1.92. The Morgan fingerprint density at radius 3 is 2.75 bits per heavy atom. The second-order valence-electron chi connectivity index (χ2n) is 3.28. The van der Waals surface area contributed by atoms with E-state index in [4.69, 9.17) is 11.6 Å². The molecule has 1 aromatic rings. The fraction of sp³-hybridized carbons (Fsp3) is 0.154. The van der Waals surface area contributed by atoms with Crippen molar-refractivity contribution in [2.45, 2.75) is 13.8 Å². The van der Waals surface area contributed by atoms with Crippen LogP contribution in [0.1, 0.15) is 18.1 Å². The van der Waals surface area contributed by atoms with Gasteiger partial charge in [-0.05, 0) is 49.4 Å². The van der Waals surface area contributed by atoms with Gasteiger partial charge in [-0.15, -0.1) is 0 Å². The molecule has 3 heteroatoms. The SMILES string of the molecule is C=N/C=C\C(=C/C)c1ccc(Cl)c(F)c1C. The molecule has 0 bridgehead atoms. The minimum Gasteiger partial charge on any atom is -0.272 e. The van der Waals surface area contributed by atoms with E-state index in [0.717, 1.165) is 11.1 Å². The molecule has 0 radical (unpaired) electrons. The molecular formula is C13H13ClFN. The summed E-state index contributed by atoms with van der Waals surface area (Å²) in [5, 5.41) is 0.141. The van der Waals surface area contributed by atoms with E-state index in [9.17, 15) is 4.39 Å². The average molecular weight is 238 g/mol. The number of hydrogen-bond acceptors (Lipinski definition) is 1. The van der Waals surface area contributed by atoms with E-state index in [0.29, 0.717) is 5.56 Å². The van der Waals surface area contributed by atoms with Gasteiger partial charge in [-0.3, -0.25) is 4.99 Å². The van der Waals surface area contributed by atoms with Gasteiger partial charge in [0, 0.05) is 6.20 Å². The van der Waals surface area contributed by atoms with Gasteiger partial charge in [0.15, 0.2) is 0 Å². The Kier molecular flexibility index (Phi) is 4.44. The minimum absolute atomic E-state index is 0.141. The van der Waals surface area contributed by atoms with Crippen LogP contribution in [-0.4, -0.2) is 6.72 Å². The second-order valence-corrected chi connectivity index (χ2v) is 3.68. The van der Waals surface area contributed by atoms with Crippen LogP contribution in [0.15, 0.2) is 35.5 Å². The van der Waals surface area contributed by atoms with Gasteiger partial charge >= 0.3 is 0 Å². The molecule has 0 aliphatic carbocycles. The van der Waals surface area contributed by atoms with Crippen molar-refractivity contribution in [2.75, 3.05) is 0 Å². The highest BCUT2D eigenvalue weighted by atomic mass is 35.5. The molecule has 0 aliphatic heterocycles. The molecule has 0 aliphatic rings. The molecule has 0 heterocycles. The molecule has 84 valence electrons. The number of allylic oxidation sites excluding steroid dienone is 3. The molecule has 0 saturated heterocycles. The normalized spacial score (nSPS) is 12.1. The first-order chi connectivity index (χ1) is 7.61. The molecule has 1 nitrogen and oxygen atoms in total. The summed E-state index contributed by atoms with van der Waals surface area (Å²) < 4.78 is 13.6. The summed E-state index contributed by atoms with van der Waals surface area (Å²) in [6, 6.07) is 3.35. The van der Waals surface area contributed by atoms with Gasteiger partial charge in [0.2, 0.25) is 0 Å². The maximum atomic E-state index is 13.6. The van der Waals surface area contributed by atoms with Crippen LogP contribution in [0.25, 0.3) is 5.57 Å². The number of nitrogens with zero attached hydrogens (tertiary/aromatic N) is 1. The van der Waals surface area contributed by atoms with Crippen molar-refractivity contribution in [3.63, 3.8) is 0 Å². The highest BCUT2D eigenvalue weighted by Crippen LogP contribution is 2.26. The lowest BCUT2D eigenvalue weighted by molar-refractivity contribution is 0.618. The Morgan fingerprint density at radius 1 is 1.50 bits per heavy atom. The van der Waals surface area contributed by atoms with Gasteiger partial charge in [0.05, 0.1) is 5.02 Å². The van der Waals surface area contributed by atoms with Gasteiger partial charge in [0.1, 0.15) is 5.82 Å². The summed E-state index contributed by atoms with van der Waals surface area (Å²) in [7, 11) is 0. The van der Waals surface area contributed by atoms with E-state index < -0.39 is 0 Å². The van der Waals surface area contributed by atoms with E-state index in [1.807, 2.05) is 13.0 Å². The summed E-state index contributed by atoms with van der Waals surface area (Å²) in [5.74, 6) is -0.376. The third-order valence-corrected chi connectivity index (χ3v) is 2.61. The summed E-state index contributed by atoms with van der Waals surface area (Å²) in [5.41, 5.74) is 2.24. The predicted octanol–water partition coefficient (Wildman–Crippen LogP) is 4.41. The van der Waals surface area contributed by atoms with Gasteiger partial charge in [-0.1, -0.05) is 23.7 Å². The number of rotatable bonds is 3. The second kappa shape index (κ2) is 5.61. The van der Waals surface area contributed by atoms with Crippen molar-refractivity contribution in [3.05, 3.63) is 52.5 Å². The predicted molar refractivity (Wildman–Crippen MR) is 68.5 cm³/mol. The van der Waals surface area contributed by atoms with Gasteiger partial charge in [-0.2, -0.15) is 0 Å². The summed E-state index contributed by atoms with van der Waals surface area (Å²) in [6.07, 6.45) is 5.24. The Balaban J connectivity index is 3.27. The third kappa shape index (κ3) is 2.58. The third-order valence-electron chi connectivity index (χ3n) is 2.32. The zero-order valence-corrected chi connectivity index (χ0v) is 10.1. The molecular weight excluding hydrogens is 225 g/mol. The number of benzene rings is 1. The zero-order chi connectivity index (χ0) is 12.1. The van der Waals surface area contributed by atoms with Crippen LogP contribution in [0.2, 0.25) is 5.02 Å². The first-order valence-corrected chi connectivity index (χ1v) is 5.23. The molecule has 0 N–H and O–H groups in total. The highest BCUT2D eigenvalue weighted by Gasteiger charge is 2.09. The molecule has 0 amide bonds. The van der Waals surface area contributed by atoms with Crippen LogP contribution in [0.5, 0.6) is 0 Å². The topological polar surface area (TPSA) is 12.4 Å². The van der Waals surface area contributed by atoms with Gasteiger partial charge in [0.25, 0.3) is 0 Å². The van der Waals surface area contributed by atoms with Gasteiger partial charge in [-0.25, -0.2) is 4.39 Å². The molecule has 0 atom stereocenters. The maximum Gasteiger partial charge on any atom is 0.145 e. The Labute approximate surface area is 100.0 Å². The van der Waals surface area contributed by atoms with Crippen LogP contribution in [0.3, 0.4) is 0 Å². The molecule has 1 rings (SSSR count). The Morgan fingerprint density at radius 2 is 2.19 bits per heavy atom. The van der Waals surface area contributed by atoms with E-state index in [1.165, 1.54) is 0 Å². The first kappa shape index (κ1) is 12.7. The van der Waals surface area contributed by atoms with Crippen LogP contribution in [0.4, 0.5) is 4.39 Å². The number of aliphatic imine (C=N–C) groups is 1. The van der Waals surface area contributed by atoms with Crippen LogP contribution < -0.4 is 0 Å². The average Bonchev–Trinajstić information content (AvgIpc) is 2.29. The fourth-order valence-electron chi connectivity index (χ4n) is 1.44. The quantitative estimate of drug-likeness (QED) is 0.546. The van der Waals surface area contributed by atoms with Crippen molar-refractivity contribution in [1.82, 2.24) is 0 Å². The van der Waals surface area contributed by atoms with Crippen molar-refractivity contribution < 1.29 is 4.39 Å². The van der Waals surface area contributed by atoms with Gasteiger partial charge < -0.3 is 0 Å². The largest absolute Gasteiger partial charge is 0.272 e. The molecule has 1 aromatic carbocycles.